The van der Waals surface area contributed by atoms with Crippen LogP contribution in [0, 0.1) is 0 Å². The number of hydrogen-bond donors (Lipinski definition) is 3. The van der Waals surface area contributed by atoms with E-state index in [1.807, 2.05) is 20.8 Å². The summed E-state index contributed by atoms with van der Waals surface area (Å²) < 4.78 is 24.6. The van der Waals surface area contributed by atoms with E-state index in [2.05, 4.69) is 17.6 Å². The molecule has 0 radical (unpaired) electrons. The fourth-order valence-corrected chi connectivity index (χ4v) is 5.32. The summed E-state index contributed by atoms with van der Waals surface area (Å²) in [7, 11) is 0. The van der Waals surface area contributed by atoms with Crippen molar-refractivity contribution >= 4 is 17.7 Å². The zero-order valence-corrected chi connectivity index (χ0v) is 24.1. The smallest absolute Gasteiger partial charge is 0.319 e. The van der Waals surface area contributed by atoms with E-state index in [1.54, 1.807) is 24.3 Å². The normalized spacial score (nSPS) is 24.3. The van der Waals surface area contributed by atoms with Gasteiger partial charge in [-0.2, -0.15) is 0 Å². The Morgan fingerprint density at radius 2 is 1.59 bits per heavy atom. The zero-order chi connectivity index (χ0) is 28.3. The van der Waals surface area contributed by atoms with Crippen molar-refractivity contribution < 1.29 is 33.6 Å². The number of anilines is 1. The Morgan fingerprint density at radius 3 is 2.26 bits per heavy atom. The van der Waals surface area contributed by atoms with Crippen molar-refractivity contribution in [2.24, 2.45) is 0 Å². The second kappa shape index (κ2) is 15.6. The molecule has 2 saturated heterocycles. The van der Waals surface area contributed by atoms with Crippen molar-refractivity contribution in [2.45, 2.75) is 135 Å². The highest BCUT2D eigenvalue weighted by Gasteiger charge is 2.57. The lowest BCUT2D eigenvalue weighted by molar-refractivity contribution is -0.235. The zero-order valence-electron chi connectivity index (χ0n) is 24.1. The van der Waals surface area contributed by atoms with Gasteiger partial charge in [-0.05, 0) is 38.8 Å². The molecule has 0 unspecified atom stereocenters. The summed E-state index contributed by atoms with van der Waals surface area (Å²) in [6.45, 7) is 8.42. The van der Waals surface area contributed by atoms with Gasteiger partial charge >= 0.3 is 12.0 Å². The molecule has 2 amide bonds. The van der Waals surface area contributed by atoms with Crippen molar-refractivity contribution in [3.8, 4) is 0 Å². The lowest BCUT2D eigenvalue weighted by Crippen LogP contribution is -2.48. The van der Waals surface area contributed by atoms with Gasteiger partial charge in [-0.1, -0.05) is 82.9 Å². The Balaban J connectivity index is 1.44. The lowest BCUT2D eigenvalue weighted by atomic mass is 10.1. The quantitative estimate of drug-likeness (QED) is 0.204. The molecule has 3 rings (SSSR count). The second-order valence-electron chi connectivity index (χ2n) is 11.2. The molecule has 1 aromatic rings. The fraction of sp³-hybridized carbons (Fsp3) is 0.733. The van der Waals surface area contributed by atoms with E-state index >= 15 is 0 Å². The number of para-hydroxylation sites is 1. The summed E-state index contributed by atoms with van der Waals surface area (Å²) in [5, 5.41) is 14.8. The highest BCUT2D eigenvalue weighted by Crippen LogP contribution is 2.40. The average Bonchev–Trinajstić information content (AvgIpc) is 3.36. The van der Waals surface area contributed by atoms with Crippen LogP contribution in [-0.4, -0.2) is 60.1 Å². The van der Waals surface area contributed by atoms with Gasteiger partial charge in [0.2, 0.25) is 0 Å². The summed E-state index contributed by atoms with van der Waals surface area (Å²) in [4.78, 5) is 23.9. The number of carboxylic acids is 1. The number of urea groups is 1. The molecule has 5 atom stereocenters. The van der Waals surface area contributed by atoms with Gasteiger partial charge in [-0.15, -0.1) is 0 Å². The van der Waals surface area contributed by atoms with Gasteiger partial charge < -0.3 is 34.7 Å². The number of carbonyl (C=O) groups excluding carboxylic acids is 1. The number of rotatable bonds is 17. The largest absolute Gasteiger partial charge is 0.481 e. The third kappa shape index (κ3) is 10.0. The van der Waals surface area contributed by atoms with Crippen LogP contribution in [0.15, 0.2) is 24.3 Å². The first-order valence-electron chi connectivity index (χ1n) is 14.7. The molecule has 0 spiro atoms. The van der Waals surface area contributed by atoms with Crippen molar-refractivity contribution in [1.29, 1.82) is 0 Å². The van der Waals surface area contributed by atoms with Crippen LogP contribution in [0.25, 0.3) is 0 Å². The first kappa shape index (κ1) is 31.3. The number of aliphatic carboxylic acids is 1. The van der Waals surface area contributed by atoms with Gasteiger partial charge in [0.05, 0.1) is 12.5 Å². The van der Waals surface area contributed by atoms with Crippen molar-refractivity contribution in [3.05, 3.63) is 29.8 Å². The molecule has 1 aromatic carbocycles. The molecule has 39 heavy (non-hydrogen) atoms. The molecule has 0 saturated carbocycles. The molecule has 9 nitrogen and oxygen atoms in total. The number of benzene rings is 1. The number of fused-ring (bicyclic) bond motifs is 1. The number of unbranched alkanes of at least 4 members (excludes halogenated alkanes) is 9. The van der Waals surface area contributed by atoms with Gasteiger partial charge in [0.15, 0.2) is 12.1 Å². The highest BCUT2D eigenvalue weighted by atomic mass is 16.8. The maximum atomic E-state index is 12.8. The van der Waals surface area contributed by atoms with E-state index < -0.39 is 36.2 Å². The van der Waals surface area contributed by atoms with E-state index in [4.69, 9.17) is 24.1 Å². The summed E-state index contributed by atoms with van der Waals surface area (Å²) in [6.07, 6.45) is 10.6. The molecule has 3 N–H and O–H groups in total. The molecular formula is C30H48N2O7. The SMILES string of the molecule is CCCCCCCCCCCCO[C@H]1O[C@H]([C@H](C)NC(=O)Nc2ccccc2CC(=O)O)[C@@H]2OC(C)(C)O[C@H]12. The predicted octanol–water partition coefficient (Wildman–Crippen LogP) is 6.01. The molecule has 2 aliphatic rings. The Bertz CT molecular complexity index is 909. The fourth-order valence-electron chi connectivity index (χ4n) is 5.32. The Labute approximate surface area is 233 Å². The number of ether oxygens (including phenoxy) is 4. The van der Waals surface area contributed by atoms with E-state index in [0.29, 0.717) is 17.9 Å². The third-order valence-corrected chi connectivity index (χ3v) is 7.29. The Kier molecular flexibility index (Phi) is 12.5. The molecule has 220 valence electrons. The molecule has 2 heterocycles. The minimum atomic E-state index is -0.965. The molecule has 2 aliphatic heterocycles. The van der Waals surface area contributed by atoms with Gasteiger partial charge in [0, 0.05) is 12.3 Å². The topological polar surface area (TPSA) is 115 Å². The van der Waals surface area contributed by atoms with Crippen LogP contribution in [0.3, 0.4) is 0 Å². The van der Waals surface area contributed by atoms with Gasteiger partial charge in [-0.3, -0.25) is 4.79 Å². The molecule has 0 aromatic heterocycles. The Morgan fingerprint density at radius 1 is 0.974 bits per heavy atom. The standard InChI is InChI=1S/C30H48N2O7/c1-5-6-7-8-9-10-11-12-13-16-19-36-28-27-26(38-30(3,4)39-27)25(37-28)21(2)31-29(35)32-23-18-15-14-17-22(23)20-24(33)34/h14-15,17-18,21,25-28H,5-13,16,19-20H2,1-4H3,(H,33,34)(H2,31,32,35)/t21-,25+,26-,27-,28-/m0/s1. The highest BCUT2D eigenvalue weighted by molar-refractivity contribution is 5.91. The second-order valence-corrected chi connectivity index (χ2v) is 11.2. The first-order chi connectivity index (χ1) is 18.7. The van der Waals surface area contributed by atoms with Gasteiger partial charge in [-0.25, -0.2) is 4.79 Å². The number of carbonyl (C=O) groups is 2. The minimum absolute atomic E-state index is 0.181. The molecule has 9 heteroatoms. The van der Waals surface area contributed by atoms with Crippen molar-refractivity contribution in [1.82, 2.24) is 5.32 Å². The van der Waals surface area contributed by atoms with Crippen LogP contribution in [0.5, 0.6) is 0 Å². The third-order valence-electron chi connectivity index (χ3n) is 7.29. The van der Waals surface area contributed by atoms with E-state index in [0.717, 1.165) is 12.8 Å². The van der Waals surface area contributed by atoms with Gasteiger partial charge in [0.1, 0.15) is 18.3 Å². The first-order valence-corrected chi connectivity index (χ1v) is 14.7. The summed E-state index contributed by atoms with van der Waals surface area (Å²) in [5.41, 5.74) is 0.980. The molecule has 0 aliphatic carbocycles. The van der Waals surface area contributed by atoms with E-state index in [1.165, 1.54) is 51.4 Å². The number of carboxylic acid groups (broad SMARTS) is 1. The minimum Gasteiger partial charge on any atom is -0.481 e. The van der Waals surface area contributed by atoms with Gasteiger partial charge in [0.25, 0.3) is 0 Å². The van der Waals surface area contributed by atoms with Crippen LogP contribution in [-0.2, 0) is 30.2 Å². The number of amides is 2. The molecule has 0 bridgehead atoms. The monoisotopic (exact) mass is 548 g/mol. The summed E-state index contributed by atoms with van der Waals surface area (Å²) in [5.74, 6) is -1.73. The Hall–Kier alpha value is -2.20. The number of hydrogen-bond acceptors (Lipinski definition) is 6. The lowest BCUT2D eigenvalue weighted by Gasteiger charge is -2.27. The predicted molar refractivity (Wildman–Crippen MR) is 150 cm³/mol. The van der Waals surface area contributed by atoms with Crippen LogP contribution in [0.2, 0.25) is 0 Å². The van der Waals surface area contributed by atoms with Crippen molar-refractivity contribution in [3.63, 3.8) is 0 Å². The average molecular weight is 549 g/mol. The maximum Gasteiger partial charge on any atom is 0.319 e. The van der Waals surface area contributed by atoms with Crippen LogP contribution >= 0.6 is 0 Å². The van der Waals surface area contributed by atoms with E-state index in [-0.39, 0.29) is 18.6 Å². The number of nitrogens with one attached hydrogen (secondary N) is 2. The molecular weight excluding hydrogens is 500 g/mol. The summed E-state index contributed by atoms with van der Waals surface area (Å²) in [6, 6.07) is 5.99. The summed E-state index contributed by atoms with van der Waals surface area (Å²) >= 11 is 0. The maximum absolute atomic E-state index is 12.8. The van der Waals surface area contributed by atoms with Crippen LogP contribution < -0.4 is 10.6 Å². The van der Waals surface area contributed by atoms with Crippen molar-refractivity contribution in [2.75, 3.05) is 11.9 Å². The van der Waals surface area contributed by atoms with Crippen LogP contribution in [0.4, 0.5) is 10.5 Å². The van der Waals surface area contributed by atoms with E-state index in [9.17, 15) is 9.59 Å². The van der Waals surface area contributed by atoms with Crippen LogP contribution in [0.1, 0.15) is 97.5 Å². The molecule has 2 fully saturated rings.